The molecule has 0 rings (SSSR count). The average molecular weight is 407 g/mol. The second-order valence-corrected chi connectivity index (χ2v) is 21.8. The average Bonchev–Trinajstić information content (AvgIpc) is 2.44. The summed E-state index contributed by atoms with van der Waals surface area (Å²) in [4.78, 5) is 11.1. The zero-order chi connectivity index (χ0) is 15.3. The van der Waals surface area contributed by atoms with E-state index in [0.29, 0.717) is 5.12 Å². The van der Waals surface area contributed by atoms with Crippen LogP contribution in [0.1, 0.15) is 72.6 Å². The van der Waals surface area contributed by atoms with Crippen molar-refractivity contribution >= 4 is 35.3 Å². The predicted molar refractivity (Wildman–Crippen MR) is 97.5 cm³/mol. The maximum atomic E-state index is 11.1. The van der Waals surface area contributed by atoms with Gasteiger partial charge >= 0.3 is 136 Å². The molecule has 0 saturated heterocycles. The Balaban J connectivity index is 4.44. The summed E-state index contributed by atoms with van der Waals surface area (Å²) >= 11 is -0.348. The molecule has 0 atom stereocenters. The van der Waals surface area contributed by atoms with Crippen LogP contribution >= 0.6 is 11.8 Å². The number of carbonyl (C=O) groups excluding carboxylic acids is 1. The quantitative estimate of drug-likeness (QED) is 0.256. The van der Waals surface area contributed by atoms with Gasteiger partial charge < -0.3 is 0 Å². The van der Waals surface area contributed by atoms with Crippen LogP contribution in [0.15, 0.2) is 0 Å². The predicted octanol–water partition coefficient (Wildman–Crippen LogP) is 6.51. The first kappa shape index (κ1) is 20.8. The summed E-state index contributed by atoms with van der Waals surface area (Å²) in [5.74, 6) is 1.07. The molecule has 0 aliphatic heterocycles. The fourth-order valence-corrected chi connectivity index (χ4v) is 20.8. The van der Waals surface area contributed by atoms with E-state index < -0.39 is 18.4 Å². The number of thioether (sulfide) groups is 1. The summed E-state index contributed by atoms with van der Waals surface area (Å²) in [5.41, 5.74) is 0. The van der Waals surface area contributed by atoms with Gasteiger partial charge in [0.15, 0.2) is 0 Å². The molecule has 0 aliphatic rings. The molecule has 20 heavy (non-hydrogen) atoms. The minimum absolute atomic E-state index is 0.293. The maximum absolute atomic E-state index is 11.1. The van der Waals surface area contributed by atoms with Crippen molar-refractivity contribution in [2.45, 2.75) is 90.4 Å². The third-order valence-corrected chi connectivity index (χ3v) is 21.4. The Hall–Kier alpha value is 0.819. The van der Waals surface area contributed by atoms with Crippen LogP contribution in [0.3, 0.4) is 0 Å². The Morgan fingerprint density at radius 1 is 0.800 bits per heavy atom. The zero-order valence-electron chi connectivity index (χ0n) is 14.3. The van der Waals surface area contributed by atoms with E-state index in [0.717, 1.165) is 5.75 Å². The number of hydrogen-bond acceptors (Lipinski definition) is 2. The molecule has 0 heterocycles. The zero-order valence-corrected chi connectivity index (χ0v) is 18.0. The van der Waals surface area contributed by atoms with Gasteiger partial charge in [-0.1, -0.05) is 0 Å². The molecule has 0 N–H and O–H groups in total. The van der Waals surface area contributed by atoms with Crippen LogP contribution in [-0.2, 0) is 4.79 Å². The van der Waals surface area contributed by atoms with Gasteiger partial charge in [0, 0.05) is 0 Å². The Bertz CT molecular complexity index is 221. The molecule has 0 fully saturated rings. The molecule has 120 valence electrons. The molecule has 0 aliphatic carbocycles. The van der Waals surface area contributed by atoms with Gasteiger partial charge in [-0.25, -0.2) is 0 Å². The standard InChI is InChI=1S/C5H9OS.3C4H9.Sn/c1-3-4-7-5(2)6;3*1-3-4-2;/h1,3-4H2,2H3;3*1,3-4H2,2H3;. The Labute approximate surface area is 135 Å². The van der Waals surface area contributed by atoms with E-state index in [9.17, 15) is 4.79 Å². The topological polar surface area (TPSA) is 17.1 Å². The Morgan fingerprint density at radius 2 is 1.20 bits per heavy atom. The minimum atomic E-state index is -1.89. The molecule has 3 heteroatoms. The van der Waals surface area contributed by atoms with Crippen molar-refractivity contribution < 1.29 is 4.79 Å². The van der Waals surface area contributed by atoms with E-state index in [4.69, 9.17) is 0 Å². The molecule has 0 aromatic heterocycles. The molecule has 0 aromatic rings. The van der Waals surface area contributed by atoms with Crippen LogP contribution in [0.5, 0.6) is 0 Å². The van der Waals surface area contributed by atoms with Crippen molar-refractivity contribution in [3.63, 3.8) is 0 Å². The van der Waals surface area contributed by atoms with E-state index in [1.807, 2.05) is 0 Å². The summed E-state index contributed by atoms with van der Waals surface area (Å²) in [5, 5.41) is 0.293. The fourth-order valence-electron chi connectivity index (χ4n) is 3.07. The van der Waals surface area contributed by atoms with E-state index in [-0.39, 0.29) is 0 Å². The summed E-state index contributed by atoms with van der Waals surface area (Å²) in [6.07, 6.45) is 9.77. The summed E-state index contributed by atoms with van der Waals surface area (Å²) < 4.78 is 6.36. The summed E-state index contributed by atoms with van der Waals surface area (Å²) in [6, 6.07) is 0. The van der Waals surface area contributed by atoms with E-state index in [1.54, 1.807) is 20.2 Å². The van der Waals surface area contributed by atoms with Gasteiger partial charge in [0.05, 0.1) is 0 Å². The molecule has 0 aromatic carbocycles. The Kier molecular flexibility index (Phi) is 14.0. The number of carbonyl (C=O) groups is 1. The van der Waals surface area contributed by atoms with Gasteiger partial charge in [0.2, 0.25) is 0 Å². The van der Waals surface area contributed by atoms with Crippen LogP contribution in [-0.4, -0.2) is 29.2 Å². The van der Waals surface area contributed by atoms with Crippen molar-refractivity contribution in [2.75, 3.05) is 5.75 Å². The second-order valence-electron chi connectivity index (χ2n) is 6.25. The number of hydrogen-bond donors (Lipinski definition) is 0. The van der Waals surface area contributed by atoms with Crippen LogP contribution in [0.25, 0.3) is 0 Å². The molecular formula is C17H36OSSn. The first-order valence-electron chi connectivity index (χ1n) is 8.73. The summed E-state index contributed by atoms with van der Waals surface area (Å²) in [7, 11) is 0. The SMILES string of the molecule is CCC[CH2][Sn]([CH2]CCC)([CH2]CCC)[CH2]CCSC(C)=O. The van der Waals surface area contributed by atoms with Crippen LogP contribution < -0.4 is 0 Å². The molecular weight excluding hydrogens is 371 g/mol. The van der Waals surface area contributed by atoms with Gasteiger partial charge in [0.1, 0.15) is 0 Å². The molecule has 0 unspecified atom stereocenters. The molecule has 0 spiro atoms. The molecule has 0 bridgehead atoms. The second kappa shape index (κ2) is 13.5. The van der Waals surface area contributed by atoms with Crippen LogP contribution in [0, 0.1) is 0 Å². The van der Waals surface area contributed by atoms with Crippen molar-refractivity contribution in [3.8, 4) is 0 Å². The van der Waals surface area contributed by atoms with Crippen molar-refractivity contribution in [1.29, 1.82) is 0 Å². The third kappa shape index (κ3) is 10.5. The van der Waals surface area contributed by atoms with E-state index in [1.165, 1.54) is 61.1 Å². The van der Waals surface area contributed by atoms with Gasteiger partial charge in [-0.3, -0.25) is 0 Å². The molecule has 0 saturated carbocycles. The first-order valence-corrected chi connectivity index (χ1v) is 17.8. The van der Waals surface area contributed by atoms with E-state index in [2.05, 4.69) is 20.8 Å². The van der Waals surface area contributed by atoms with Gasteiger partial charge in [0.25, 0.3) is 0 Å². The van der Waals surface area contributed by atoms with Crippen molar-refractivity contribution in [3.05, 3.63) is 0 Å². The molecule has 1 nitrogen and oxygen atoms in total. The fraction of sp³-hybridized carbons (Fsp3) is 0.941. The number of unbranched alkanes of at least 4 members (excludes halogenated alkanes) is 3. The molecule has 0 radical (unpaired) electrons. The Morgan fingerprint density at radius 3 is 1.55 bits per heavy atom. The van der Waals surface area contributed by atoms with Crippen LogP contribution in [0.2, 0.25) is 17.7 Å². The third-order valence-electron chi connectivity index (χ3n) is 4.34. The van der Waals surface area contributed by atoms with Gasteiger partial charge in [-0.05, 0) is 0 Å². The molecule has 0 amide bonds. The summed E-state index contributed by atoms with van der Waals surface area (Å²) in [6.45, 7) is 8.71. The monoisotopic (exact) mass is 408 g/mol. The van der Waals surface area contributed by atoms with Crippen molar-refractivity contribution in [1.82, 2.24) is 0 Å². The normalized spacial score (nSPS) is 11.8. The van der Waals surface area contributed by atoms with Crippen LogP contribution in [0.4, 0.5) is 0 Å². The van der Waals surface area contributed by atoms with Crippen molar-refractivity contribution in [2.24, 2.45) is 0 Å². The van der Waals surface area contributed by atoms with Gasteiger partial charge in [-0.15, -0.1) is 0 Å². The van der Waals surface area contributed by atoms with E-state index >= 15 is 0 Å². The van der Waals surface area contributed by atoms with Gasteiger partial charge in [-0.2, -0.15) is 0 Å². The first-order chi connectivity index (χ1) is 9.60. The number of rotatable bonds is 13.